The van der Waals surface area contributed by atoms with Crippen LogP contribution in [0.3, 0.4) is 0 Å². The minimum atomic E-state index is -0.377. The molecule has 3 nitrogen and oxygen atoms in total. The Kier molecular flexibility index (Phi) is 2.32. The van der Waals surface area contributed by atoms with Gasteiger partial charge in [0, 0.05) is 11.1 Å². The SMILES string of the molecule is CC(C)(N)c1cn[nH]c1-c1ccccc1. The highest BCUT2D eigenvalue weighted by Crippen LogP contribution is 2.27. The van der Waals surface area contributed by atoms with E-state index in [1.165, 1.54) is 0 Å². The molecule has 1 aromatic carbocycles. The lowest BCUT2D eigenvalue weighted by Gasteiger charge is -2.18. The van der Waals surface area contributed by atoms with Gasteiger partial charge in [0.2, 0.25) is 0 Å². The maximum absolute atomic E-state index is 6.08. The third kappa shape index (κ3) is 1.92. The molecule has 0 spiro atoms. The largest absolute Gasteiger partial charge is 0.322 e. The van der Waals surface area contributed by atoms with Crippen molar-refractivity contribution in [2.24, 2.45) is 5.73 Å². The number of benzene rings is 1. The minimum absolute atomic E-state index is 0.377. The molecule has 0 unspecified atom stereocenters. The highest BCUT2D eigenvalue weighted by Gasteiger charge is 2.20. The number of nitrogens with two attached hydrogens (primary N) is 1. The van der Waals surface area contributed by atoms with Crippen molar-refractivity contribution in [3.05, 3.63) is 42.1 Å². The second kappa shape index (κ2) is 3.51. The topological polar surface area (TPSA) is 54.7 Å². The number of H-pyrrole nitrogens is 1. The van der Waals surface area contributed by atoms with Gasteiger partial charge in [-0.15, -0.1) is 0 Å². The van der Waals surface area contributed by atoms with Crippen molar-refractivity contribution in [2.75, 3.05) is 0 Å². The van der Waals surface area contributed by atoms with Gasteiger partial charge in [-0.25, -0.2) is 0 Å². The summed E-state index contributed by atoms with van der Waals surface area (Å²) in [4.78, 5) is 0. The number of hydrogen-bond donors (Lipinski definition) is 2. The zero-order valence-corrected chi connectivity index (χ0v) is 8.99. The molecule has 1 aromatic heterocycles. The van der Waals surface area contributed by atoms with Crippen LogP contribution in [0.4, 0.5) is 0 Å². The van der Waals surface area contributed by atoms with Gasteiger partial charge in [-0.1, -0.05) is 30.3 Å². The van der Waals surface area contributed by atoms with Crippen molar-refractivity contribution in [1.29, 1.82) is 0 Å². The van der Waals surface area contributed by atoms with Gasteiger partial charge >= 0.3 is 0 Å². The molecule has 3 N–H and O–H groups in total. The lowest BCUT2D eigenvalue weighted by Crippen LogP contribution is -2.28. The van der Waals surface area contributed by atoms with E-state index in [0.29, 0.717) is 0 Å². The highest BCUT2D eigenvalue weighted by molar-refractivity contribution is 5.63. The van der Waals surface area contributed by atoms with Crippen LogP contribution in [0.25, 0.3) is 11.3 Å². The molecule has 2 aromatic rings. The fourth-order valence-electron chi connectivity index (χ4n) is 1.60. The van der Waals surface area contributed by atoms with Crippen LogP contribution >= 0.6 is 0 Å². The average Bonchev–Trinajstić information content (AvgIpc) is 2.67. The van der Waals surface area contributed by atoms with Crippen molar-refractivity contribution < 1.29 is 0 Å². The van der Waals surface area contributed by atoms with Crippen LogP contribution in [-0.4, -0.2) is 10.2 Å². The maximum Gasteiger partial charge on any atom is 0.0700 e. The van der Waals surface area contributed by atoms with Crippen molar-refractivity contribution in [3.63, 3.8) is 0 Å². The molecular formula is C12H15N3. The van der Waals surface area contributed by atoms with E-state index in [9.17, 15) is 0 Å². The Morgan fingerprint density at radius 2 is 1.87 bits per heavy atom. The molecule has 3 heteroatoms. The number of nitrogens with one attached hydrogen (secondary N) is 1. The number of aromatic amines is 1. The smallest absolute Gasteiger partial charge is 0.0700 e. The standard InChI is InChI=1S/C12H15N3/c1-12(2,13)10-8-14-15-11(10)9-6-4-3-5-7-9/h3-8H,13H2,1-2H3,(H,14,15). The van der Waals surface area contributed by atoms with Crippen LogP contribution < -0.4 is 5.73 Å². The molecule has 0 saturated carbocycles. The van der Waals surface area contributed by atoms with Crippen molar-refractivity contribution in [1.82, 2.24) is 10.2 Å². The van der Waals surface area contributed by atoms with Crippen LogP contribution in [0.5, 0.6) is 0 Å². The Balaban J connectivity index is 2.51. The zero-order chi connectivity index (χ0) is 10.9. The zero-order valence-electron chi connectivity index (χ0n) is 8.99. The predicted molar refractivity (Wildman–Crippen MR) is 61.2 cm³/mol. The maximum atomic E-state index is 6.08. The van der Waals surface area contributed by atoms with Crippen LogP contribution in [0.15, 0.2) is 36.5 Å². The first-order valence-corrected chi connectivity index (χ1v) is 4.97. The molecule has 0 aliphatic rings. The van der Waals surface area contributed by atoms with Crippen LogP contribution in [0.1, 0.15) is 19.4 Å². The summed E-state index contributed by atoms with van der Waals surface area (Å²) in [7, 11) is 0. The van der Waals surface area contributed by atoms with E-state index >= 15 is 0 Å². The van der Waals surface area contributed by atoms with Gasteiger partial charge < -0.3 is 5.73 Å². The normalized spacial score (nSPS) is 11.7. The second-order valence-electron chi connectivity index (χ2n) is 4.25. The molecule has 0 atom stereocenters. The first kappa shape index (κ1) is 9.93. The lowest BCUT2D eigenvalue weighted by atomic mass is 9.93. The van der Waals surface area contributed by atoms with Gasteiger partial charge in [0.25, 0.3) is 0 Å². The van der Waals surface area contributed by atoms with E-state index in [1.54, 1.807) is 6.20 Å². The van der Waals surface area contributed by atoms with E-state index in [4.69, 9.17) is 5.73 Å². The molecule has 0 aliphatic carbocycles. The van der Waals surface area contributed by atoms with Gasteiger partial charge in [-0.05, 0) is 19.4 Å². The summed E-state index contributed by atoms with van der Waals surface area (Å²) in [6.07, 6.45) is 1.79. The fraction of sp³-hybridized carbons (Fsp3) is 0.250. The van der Waals surface area contributed by atoms with E-state index in [0.717, 1.165) is 16.8 Å². The third-order valence-corrected chi connectivity index (χ3v) is 2.40. The van der Waals surface area contributed by atoms with Crippen molar-refractivity contribution in [2.45, 2.75) is 19.4 Å². The molecule has 0 aliphatic heterocycles. The lowest BCUT2D eigenvalue weighted by molar-refractivity contribution is 0.556. The third-order valence-electron chi connectivity index (χ3n) is 2.40. The number of aromatic nitrogens is 2. The Bertz CT molecular complexity index is 437. The van der Waals surface area contributed by atoms with Crippen molar-refractivity contribution >= 4 is 0 Å². The summed E-state index contributed by atoms with van der Waals surface area (Å²) in [6, 6.07) is 10.1. The van der Waals surface area contributed by atoms with Gasteiger partial charge in [0.1, 0.15) is 0 Å². The molecule has 15 heavy (non-hydrogen) atoms. The van der Waals surface area contributed by atoms with Crippen LogP contribution in [0, 0.1) is 0 Å². The Morgan fingerprint density at radius 3 is 2.47 bits per heavy atom. The summed E-state index contributed by atoms with van der Waals surface area (Å²) >= 11 is 0. The van der Waals surface area contributed by atoms with Crippen molar-refractivity contribution in [3.8, 4) is 11.3 Å². The number of rotatable bonds is 2. The molecule has 78 valence electrons. The summed E-state index contributed by atoms with van der Waals surface area (Å²) < 4.78 is 0. The highest BCUT2D eigenvalue weighted by atomic mass is 15.1. The average molecular weight is 201 g/mol. The van der Waals surface area contributed by atoms with E-state index in [1.807, 2.05) is 44.2 Å². The molecular weight excluding hydrogens is 186 g/mol. The van der Waals surface area contributed by atoms with Gasteiger partial charge in [-0.2, -0.15) is 5.10 Å². The van der Waals surface area contributed by atoms with Gasteiger partial charge in [-0.3, -0.25) is 5.10 Å². The Hall–Kier alpha value is -1.61. The Labute approximate surface area is 89.3 Å². The quantitative estimate of drug-likeness (QED) is 0.783. The number of nitrogens with zero attached hydrogens (tertiary/aromatic N) is 1. The Morgan fingerprint density at radius 1 is 1.20 bits per heavy atom. The van der Waals surface area contributed by atoms with Gasteiger partial charge in [0.05, 0.1) is 11.9 Å². The molecule has 0 amide bonds. The monoisotopic (exact) mass is 201 g/mol. The summed E-state index contributed by atoms with van der Waals surface area (Å²) in [5.74, 6) is 0. The molecule has 0 radical (unpaired) electrons. The van der Waals surface area contributed by atoms with Gasteiger partial charge in [0.15, 0.2) is 0 Å². The fourth-order valence-corrected chi connectivity index (χ4v) is 1.60. The molecule has 0 fully saturated rings. The van der Waals surface area contributed by atoms with E-state index < -0.39 is 0 Å². The molecule has 0 bridgehead atoms. The van der Waals surface area contributed by atoms with Crippen LogP contribution in [-0.2, 0) is 5.54 Å². The summed E-state index contributed by atoms with van der Waals surface area (Å²) in [5, 5.41) is 7.06. The van der Waals surface area contributed by atoms with Crippen LogP contribution in [0.2, 0.25) is 0 Å². The second-order valence-corrected chi connectivity index (χ2v) is 4.25. The molecule has 0 saturated heterocycles. The first-order valence-electron chi connectivity index (χ1n) is 4.97. The minimum Gasteiger partial charge on any atom is -0.322 e. The predicted octanol–water partition coefficient (Wildman–Crippen LogP) is 2.27. The van der Waals surface area contributed by atoms with E-state index in [-0.39, 0.29) is 5.54 Å². The molecule has 2 rings (SSSR count). The number of hydrogen-bond acceptors (Lipinski definition) is 2. The van der Waals surface area contributed by atoms with E-state index in [2.05, 4.69) is 10.2 Å². The molecule has 1 heterocycles. The summed E-state index contributed by atoms with van der Waals surface area (Å²) in [5.41, 5.74) is 8.86. The summed E-state index contributed by atoms with van der Waals surface area (Å²) in [6.45, 7) is 3.95. The first-order chi connectivity index (χ1) is 7.09.